The van der Waals surface area contributed by atoms with Crippen molar-refractivity contribution in [1.29, 1.82) is 0 Å². The van der Waals surface area contributed by atoms with Gasteiger partial charge in [-0.25, -0.2) is 4.39 Å². The van der Waals surface area contributed by atoms with E-state index in [4.69, 9.17) is 4.74 Å². The molecule has 0 unspecified atom stereocenters. The highest BCUT2D eigenvalue weighted by Gasteiger charge is 2.23. The Bertz CT molecular complexity index is 999. The fraction of sp³-hybridized carbons (Fsp3) is 0.190. The molecule has 0 radical (unpaired) electrons. The van der Waals surface area contributed by atoms with Gasteiger partial charge in [-0.15, -0.1) is 0 Å². The third kappa shape index (κ3) is 3.71. The zero-order valence-electron chi connectivity index (χ0n) is 14.9. The van der Waals surface area contributed by atoms with Gasteiger partial charge in [0.05, 0.1) is 12.2 Å². The number of nitrogens with zero attached hydrogens (tertiary/aromatic N) is 1. The van der Waals surface area contributed by atoms with Gasteiger partial charge in [0.1, 0.15) is 18.1 Å². The van der Waals surface area contributed by atoms with E-state index in [-0.39, 0.29) is 48.1 Å². The lowest BCUT2D eigenvalue weighted by Gasteiger charge is -2.20. The summed E-state index contributed by atoms with van der Waals surface area (Å²) in [6.45, 7) is 1.23. The number of aromatic nitrogens is 1. The molecule has 5 nitrogen and oxygen atoms in total. The Morgan fingerprint density at radius 1 is 1.07 bits per heavy atom. The lowest BCUT2D eigenvalue weighted by molar-refractivity contribution is 0.266. The second kappa shape index (κ2) is 8.05. The van der Waals surface area contributed by atoms with Crippen LogP contribution in [0.15, 0.2) is 59.4 Å². The summed E-state index contributed by atoms with van der Waals surface area (Å²) in [6, 6.07) is 15.2. The molecular formula is C21H20FNO4. The van der Waals surface area contributed by atoms with Crippen LogP contribution in [0.25, 0.3) is 11.3 Å². The maximum absolute atomic E-state index is 14.5. The van der Waals surface area contributed by atoms with E-state index in [0.717, 1.165) is 5.56 Å². The number of aliphatic hydroxyl groups is 1. The number of benzene rings is 2. The van der Waals surface area contributed by atoms with Crippen LogP contribution in [0.3, 0.4) is 0 Å². The minimum Gasteiger partial charge on any atom is -0.504 e. The van der Waals surface area contributed by atoms with Crippen LogP contribution in [-0.4, -0.2) is 21.4 Å². The van der Waals surface area contributed by atoms with Gasteiger partial charge in [0.2, 0.25) is 0 Å². The normalized spacial score (nSPS) is 10.8. The molecule has 3 rings (SSSR count). The van der Waals surface area contributed by atoms with Crippen LogP contribution in [0.4, 0.5) is 4.39 Å². The maximum Gasteiger partial charge on any atom is 0.257 e. The molecule has 0 amide bonds. The van der Waals surface area contributed by atoms with Gasteiger partial charge >= 0.3 is 0 Å². The van der Waals surface area contributed by atoms with Gasteiger partial charge in [0.15, 0.2) is 11.5 Å². The second-order valence-electron chi connectivity index (χ2n) is 6.09. The van der Waals surface area contributed by atoms with Crippen molar-refractivity contribution in [2.24, 2.45) is 0 Å². The molecule has 2 N–H and O–H groups in total. The van der Waals surface area contributed by atoms with Crippen molar-refractivity contribution in [1.82, 2.24) is 4.57 Å². The molecule has 27 heavy (non-hydrogen) atoms. The molecule has 140 valence electrons. The summed E-state index contributed by atoms with van der Waals surface area (Å²) in [6.07, 6.45) is 0. The van der Waals surface area contributed by atoms with Crippen LogP contribution in [0, 0.1) is 12.7 Å². The third-order valence-electron chi connectivity index (χ3n) is 4.30. The van der Waals surface area contributed by atoms with E-state index >= 15 is 0 Å². The van der Waals surface area contributed by atoms with Crippen molar-refractivity contribution < 1.29 is 19.3 Å². The van der Waals surface area contributed by atoms with Crippen LogP contribution < -0.4 is 10.3 Å². The summed E-state index contributed by atoms with van der Waals surface area (Å²) in [5, 5.41) is 19.9. The van der Waals surface area contributed by atoms with Crippen molar-refractivity contribution in [3.63, 3.8) is 0 Å². The Morgan fingerprint density at radius 2 is 1.74 bits per heavy atom. The van der Waals surface area contributed by atoms with Gasteiger partial charge in [0.25, 0.3) is 5.56 Å². The summed E-state index contributed by atoms with van der Waals surface area (Å²) in [7, 11) is 0. The largest absolute Gasteiger partial charge is 0.504 e. The van der Waals surface area contributed by atoms with Gasteiger partial charge in [-0.3, -0.25) is 4.79 Å². The van der Waals surface area contributed by atoms with Crippen LogP contribution in [-0.2, 0) is 13.2 Å². The molecular weight excluding hydrogens is 349 g/mol. The number of hydrogen-bond donors (Lipinski definition) is 2. The summed E-state index contributed by atoms with van der Waals surface area (Å²) in [5.74, 6) is -0.880. The van der Waals surface area contributed by atoms with Crippen LogP contribution in [0.2, 0.25) is 0 Å². The highest BCUT2D eigenvalue weighted by molar-refractivity contribution is 5.72. The fourth-order valence-corrected chi connectivity index (χ4v) is 2.91. The van der Waals surface area contributed by atoms with Crippen LogP contribution >= 0.6 is 0 Å². The number of rotatable bonds is 6. The summed E-state index contributed by atoms with van der Waals surface area (Å²) >= 11 is 0. The molecule has 0 saturated heterocycles. The number of hydrogen-bond acceptors (Lipinski definition) is 4. The highest BCUT2D eigenvalue weighted by Crippen LogP contribution is 2.39. The van der Waals surface area contributed by atoms with Crippen molar-refractivity contribution in [2.75, 3.05) is 6.61 Å². The number of pyridine rings is 1. The van der Waals surface area contributed by atoms with Crippen LogP contribution in [0.5, 0.6) is 11.5 Å². The standard InChI is InChI=1S/C21H20FNO4/c1-14-19(25)20(27-13-15-7-3-2-4-8-15)18(23(11-12-24)21(14)26)16-9-5-6-10-17(16)22/h2-10,24-25H,11-13H2,1H3. The summed E-state index contributed by atoms with van der Waals surface area (Å²) < 4.78 is 21.5. The molecule has 0 bridgehead atoms. The van der Waals surface area contributed by atoms with E-state index < -0.39 is 11.4 Å². The summed E-state index contributed by atoms with van der Waals surface area (Å²) in [4.78, 5) is 12.6. The molecule has 2 aromatic carbocycles. The SMILES string of the molecule is Cc1c(O)c(OCc2ccccc2)c(-c2ccccc2F)n(CCO)c1=O. The molecule has 6 heteroatoms. The topological polar surface area (TPSA) is 71.7 Å². The number of aromatic hydroxyl groups is 1. The van der Waals surface area contributed by atoms with E-state index in [1.807, 2.05) is 30.3 Å². The number of ether oxygens (including phenoxy) is 1. The van der Waals surface area contributed by atoms with Crippen molar-refractivity contribution in [3.05, 3.63) is 81.9 Å². The Kier molecular flexibility index (Phi) is 5.57. The van der Waals surface area contributed by atoms with Gasteiger partial charge in [-0.05, 0) is 24.6 Å². The Morgan fingerprint density at radius 3 is 2.41 bits per heavy atom. The molecule has 0 spiro atoms. The van der Waals surface area contributed by atoms with E-state index in [2.05, 4.69) is 0 Å². The third-order valence-corrected chi connectivity index (χ3v) is 4.30. The van der Waals surface area contributed by atoms with Gasteiger partial charge in [-0.2, -0.15) is 0 Å². The number of halogens is 1. The van der Waals surface area contributed by atoms with Crippen molar-refractivity contribution >= 4 is 0 Å². The molecule has 0 fully saturated rings. The minimum absolute atomic E-state index is 0.00880. The quantitative estimate of drug-likeness (QED) is 0.700. The minimum atomic E-state index is -0.559. The van der Waals surface area contributed by atoms with E-state index in [9.17, 15) is 19.4 Å². The van der Waals surface area contributed by atoms with Crippen LogP contribution in [0.1, 0.15) is 11.1 Å². The molecule has 0 aliphatic rings. The predicted molar refractivity (Wildman–Crippen MR) is 100 cm³/mol. The maximum atomic E-state index is 14.5. The molecule has 0 aliphatic carbocycles. The fourth-order valence-electron chi connectivity index (χ4n) is 2.91. The average Bonchev–Trinajstić information content (AvgIpc) is 2.69. The Balaban J connectivity index is 2.21. The second-order valence-corrected chi connectivity index (χ2v) is 6.09. The van der Waals surface area contributed by atoms with Crippen molar-refractivity contribution in [2.45, 2.75) is 20.1 Å². The first-order valence-electron chi connectivity index (χ1n) is 8.53. The van der Waals surface area contributed by atoms with E-state index in [1.54, 1.807) is 6.07 Å². The zero-order valence-corrected chi connectivity index (χ0v) is 14.9. The molecule has 0 saturated carbocycles. The smallest absolute Gasteiger partial charge is 0.257 e. The average molecular weight is 369 g/mol. The highest BCUT2D eigenvalue weighted by atomic mass is 19.1. The predicted octanol–water partition coefficient (Wildman–Crippen LogP) is 3.24. The lowest BCUT2D eigenvalue weighted by Crippen LogP contribution is -2.26. The molecule has 0 atom stereocenters. The Hall–Kier alpha value is -3.12. The van der Waals surface area contributed by atoms with Crippen molar-refractivity contribution in [3.8, 4) is 22.8 Å². The first kappa shape index (κ1) is 18.7. The van der Waals surface area contributed by atoms with Gasteiger partial charge < -0.3 is 19.5 Å². The molecule has 1 heterocycles. The molecule has 1 aromatic heterocycles. The number of aliphatic hydroxyl groups excluding tert-OH is 1. The van der Waals surface area contributed by atoms with E-state index in [1.165, 1.54) is 29.7 Å². The monoisotopic (exact) mass is 369 g/mol. The van der Waals surface area contributed by atoms with Gasteiger partial charge in [-0.1, -0.05) is 42.5 Å². The zero-order chi connectivity index (χ0) is 19.4. The van der Waals surface area contributed by atoms with Gasteiger partial charge in [0, 0.05) is 12.1 Å². The molecule has 3 aromatic rings. The van der Waals surface area contributed by atoms with E-state index in [0.29, 0.717) is 0 Å². The summed E-state index contributed by atoms with van der Waals surface area (Å²) in [5.41, 5.74) is 0.639. The lowest BCUT2D eigenvalue weighted by atomic mass is 10.1. The first-order valence-corrected chi connectivity index (χ1v) is 8.53. The Labute approximate surface area is 155 Å². The first-order chi connectivity index (χ1) is 13.0. The molecule has 0 aliphatic heterocycles.